The highest BCUT2D eigenvalue weighted by Gasteiger charge is 2.15. The van der Waals surface area contributed by atoms with Gasteiger partial charge < -0.3 is 10.1 Å². The Balaban J connectivity index is 2.01. The number of hydrogen-bond acceptors (Lipinski definition) is 5. The highest BCUT2D eigenvalue weighted by atomic mass is 32.2. The molecule has 2 rings (SSSR count). The van der Waals surface area contributed by atoms with Crippen LogP contribution in [0.3, 0.4) is 0 Å². The molecule has 2 N–H and O–H groups in total. The van der Waals surface area contributed by atoms with Crippen molar-refractivity contribution in [2.75, 3.05) is 0 Å². The number of sulfonamides is 1. The molecule has 1 atom stereocenters. The Morgan fingerprint density at radius 1 is 1.00 bits per heavy atom. The molecule has 0 radical (unpaired) electrons. The van der Waals surface area contributed by atoms with Crippen molar-refractivity contribution < 1.29 is 22.8 Å². The third kappa shape index (κ3) is 5.58. The summed E-state index contributed by atoms with van der Waals surface area (Å²) >= 11 is 0. The Kier molecular flexibility index (Phi) is 7.19. The minimum Gasteiger partial charge on any atom is -0.343 e. The van der Waals surface area contributed by atoms with E-state index in [0.29, 0.717) is 29.4 Å². The van der Waals surface area contributed by atoms with Gasteiger partial charge in [-0.15, -0.1) is 0 Å². The number of carbonyl (C=O) groups is 3. The number of carbonyl (C=O) groups excluding carboxylic acids is 3. The van der Waals surface area contributed by atoms with Gasteiger partial charge in [-0.3, -0.25) is 9.59 Å². The third-order valence-corrected chi connectivity index (χ3v) is 5.59. The predicted octanol–water partition coefficient (Wildman–Crippen LogP) is 2.08. The molecular weight excluding hydrogens is 380 g/mol. The zero-order valence-electron chi connectivity index (χ0n) is 15.6. The second kappa shape index (κ2) is 9.38. The Morgan fingerprint density at radius 2 is 1.57 bits per heavy atom. The van der Waals surface area contributed by atoms with E-state index < -0.39 is 16.1 Å². The number of nitrogens with one attached hydrogen (secondary N) is 2. The van der Waals surface area contributed by atoms with Crippen LogP contribution < -0.4 is 10.0 Å². The molecule has 1 amide bonds. The van der Waals surface area contributed by atoms with E-state index >= 15 is 0 Å². The van der Waals surface area contributed by atoms with Gasteiger partial charge in [-0.05, 0) is 43.2 Å². The van der Waals surface area contributed by atoms with E-state index in [4.69, 9.17) is 0 Å². The maximum Gasteiger partial charge on any atom is 0.251 e. The van der Waals surface area contributed by atoms with Crippen LogP contribution in [0.15, 0.2) is 53.4 Å². The second-order valence-electron chi connectivity index (χ2n) is 6.23. The fraction of sp³-hybridized carbons (Fsp3) is 0.250. The van der Waals surface area contributed by atoms with Crippen LogP contribution in [0.5, 0.6) is 0 Å². The average Bonchev–Trinajstić information content (AvgIpc) is 2.70. The highest BCUT2D eigenvalue weighted by molar-refractivity contribution is 7.89. The van der Waals surface area contributed by atoms with Crippen molar-refractivity contribution in [3.05, 3.63) is 65.2 Å². The molecule has 8 heteroatoms. The van der Waals surface area contributed by atoms with Gasteiger partial charge in [-0.1, -0.05) is 31.2 Å². The number of amides is 1. The van der Waals surface area contributed by atoms with Gasteiger partial charge in [0.1, 0.15) is 6.29 Å². The Labute approximate surface area is 164 Å². The quantitative estimate of drug-likeness (QED) is 0.493. The van der Waals surface area contributed by atoms with Crippen LogP contribution >= 0.6 is 0 Å². The number of hydrogen-bond donors (Lipinski definition) is 2. The Morgan fingerprint density at radius 3 is 2.07 bits per heavy atom. The topological polar surface area (TPSA) is 109 Å². The van der Waals surface area contributed by atoms with Crippen molar-refractivity contribution in [1.82, 2.24) is 10.0 Å². The normalized spacial score (nSPS) is 12.2. The van der Waals surface area contributed by atoms with E-state index in [1.165, 1.54) is 31.2 Å². The van der Waals surface area contributed by atoms with Gasteiger partial charge in [0.15, 0.2) is 5.78 Å². The highest BCUT2D eigenvalue weighted by Crippen LogP contribution is 2.12. The van der Waals surface area contributed by atoms with E-state index in [1.807, 2.05) is 0 Å². The van der Waals surface area contributed by atoms with Gasteiger partial charge in [-0.25, -0.2) is 13.1 Å². The Bertz CT molecular complexity index is 951. The fourth-order valence-electron chi connectivity index (χ4n) is 2.39. The lowest BCUT2D eigenvalue weighted by Gasteiger charge is -2.11. The number of rotatable bonds is 9. The van der Waals surface area contributed by atoms with E-state index in [9.17, 15) is 22.8 Å². The standard InChI is InChI=1S/C20H22N2O5S/c1-3-18(13-23)22-20(25)17-6-4-15(5-7-17)12-21-28(26,27)19-10-8-16(9-11-19)14(2)24/h4-11,13,18,21H,3,12H2,1-2H3,(H,22,25)/t18-/m0/s1. The first-order chi connectivity index (χ1) is 13.3. The lowest BCUT2D eigenvalue weighted by molar-refractivity contribution is -0.109. The molecule has 0 aliphatic carbocycles. The monoisotopic (exact) mass is 402 g/mol. The molecule has 2 aromatic rings. The smallest absolute Gasteiger partial charge is 0.251 e. The van der Waals surface area contributed by atoms with Gasteiger partial charge in [0, 0.05) is 17.7 Å². The van der Waals surface area contributed by atoms with Crippen LogP contribution in [0.1, 0.15) is 46.5 Å². The summed E-state index contributed by atoms with van der Waals surface area (Å²) in [4.78, 5) is 34.2. The van der Waals surface area contributed by atoms with E-state index in [2.05, 4.69) is 10.0 Å². The minimum absolute atomic E-state index is 0.0462. The zero-order chi connectivity index (χ0) is 20.7. The minimum atomic E-state index is -3.73. The maximum absolute atomic E-state index is 12.4. The summed E-state index contributed by atoms with van der Waals surface area (Å²) in [5, 5.41) is 2.60. The summed E-state index contributed by atoms with van der Waals surface area (Å²) in [6.07, 6.45) is 1.19. The van der Waals surface area contributed by atoms with Gasteiger partial charge in [-0.2, -0.15) is 0 Å². The number of aldehydes is 1. The van der Waals surface area contributed by atoms with Crippen molar-refractivity contribution in [2.24, 2.45) is 0 Å². The molecule has 148 valence electrons. The molecule has 7 nitrogen and oxygen atoms in total. The molecule has 0 spiro atoms. The predicted molar refractivity (Wildman–Crippen MR) is 105 cm³/mol. The van der Waals surface area contributed by atoms with Gasteiger partial charge >= 0.3 is 0 Å². The van der Waals surface area contributed by atoms with Crippen LogP contribution in [0, 0.1) is 0 Å². The molecule has 0 aliphatic rings. The molecule has 0 saturated heterocycles. The SMILES string of the molecule is CC[C@@H](C=O)NC(=O)c1ccc(CNS(=O)(=O)c2ccc(C(C)=O)cc2)cc1. The molecule has 0 saturated carbocycles. The number of benzene rings is 2. The van der Waals surface area contributed by atoms with Gasteiger partial charge in [0.2, 0.25) is 10.0 Å². The van der Waals surface area contributed by atoms with Crippen LogP contribution in [0.25, 0.3) is 0 Å². The van der Waals surface area contributed by atoms with Gasteiger partial charge in [0.25, 0.3) is 5.91 Å². The maximum atomic E-state index is 12.4. The summed E-state index contributed by atoms with van der Waals surface area (Å²) in [6, 6.07) is 11.6. The van der Waals surface area contributed by atoms with Crippen molar-refractivity contribution in [1.29, 1.82) is 0 Å². The summed E-state index contributed by atoms with van der Waals surface area (Å²) in [5.41, 5.74) is 1.49. The molecule has 28 heavy (non-hydrogen) atoms. The summed E-state index contributed by atoms with van der Waals surface area (Å²) in [5.74, 6) is -0.504. The summed E-state index contributed by atoms with van der Waals surface area (Å²) < 4.78 is 27.2. The molecule has 0 unspecified atom stereocenters. The lowest BCUT2D eigenvalue weighted by Crippen LogP contribution is -2.35. The first-order valence-corrected chi connectivity index (χ1v) is 10.2. The first-order valence-electron chi connectivity index (χ1n) is 8.72. The van der Waals surface area contributed by atoms with Crippen molar-refractivity contribution >= 4 is 28.0 Å². The molecular formula is C20H22N2O5S. The van der Waals surface area contributed by atoms with Crippen LogP contribution in [-0.4, -0.2) is 32.4 Å². The van der Waals surface area contributed by atoms with Crippen LogP contribution in [0.2, 0.25) is 0 Å². The third-order valence-electron chi connectivity index (χ3n) is 4.17. The van der Waals surface area contributed by atoms with Gasteiger partial charge in [0.05, 0.1) is 10.9 Å². The average molecular weight is 402 g/mol. The van der Waals surface area contributed by atoms with Crippen molar-refractivity contribution in [3.8, 4) is 0 Å². The first kappa shape index (κ1) is 21.5. The molecule has 0 fully saturated rings. The number of ketones is 1. The largest absolute Gasteiger partial charge is 0.343 e. The van der Waals surface area contributed by atoms with E-state index in [0.717, 1.165) is 0 Å². The van der Waals surface area contributed by atoms with Crippen LogP contribution in [0.4, 0.5) is 0 Å². The zero-order valence-corrected chi connectivity index (χ0v) is 16.5. The molecule has 0 aliphatic heterocycles. The molecule has 0 heterocycles. The lowest BCUT2D eigenvalue weighted by atomic mass is 10.1. The number of Topliss-reactive ketones (excluding diaryl/α,β-unsaturated/α-hetero) is 1. The fourth-order valence-corrected chi connectivity index (χ4v) is 3.41. The van der Waals surface area contributed by atoms with E-state index in [-0.39, 0.29) is 23.1 Å². The second-order valence-corrected chi connectivity index (χ2v) is 7.99. The van der Waals surface area contributed by atoms with Crippen LogP contribution in [-0.2, 0) is 21.4 Å². The molecule has 2 aromatic carbocycles. The summed E-state index contributed by atoms with van der Waals surface area (Å²) in [7, 11) is -3.73. The Hall–Kier alpha value is -2.84. The van der Waals surface area contributed by atoms with E-state index in [1.54, 1.807) is 31.2 Å². The van der Waals surface area contributed by atoms with Crippen molar-refractivity contribution in [3.63, 3.8) is 0 Å². The van der Waals surface area contributed by atoms with Crippen molar-refractivity contribution in [2.45, 2.75) is 37.8 Å². The molecule has 0 bridgehead atoms. The summed E-state index contributed by atoms with van der Waals surface area (Å²) in [6.45, 7) is 3.25. The molecule has 0 aromatic heterocycles.